The van der Waals surface area contributed by atoms with E-state index in [1.165, 1.54) is 0 Å². The second-order valence-corrected chi connectivity index (χ2v) is 7.98. The highest BCUT2D eigenvalue weighted by Crippen LogP contribution is 2.20. The van der Waals surface area contributed by atoms with E-state index >= 15 is 0 Å². The van der Waals surface area contributed by atoms with Crippen LogP contribution in [0, 0.1) is 0 Å². The van der Waals surface area contributed by atoms with E-state index in [-0.39, 0.29) is 12.1 Å². The molecule has 0 bridgehead atoms. The summed E-state index contributed by atoms with van der Waals surface area (Å²) >= 11 is 6.42. The summed E-state index contributed by atoms with van der Waals surface area (Å²) in [5, 5.41) is 13.9. The molecule has 0 unspecified atom stereocenters. The molecule has 0 spiro atoms. The molecule has 0 amide bonds. The van der Waals surface area contributed by atoms with Crippen LogP contribution in [0.3, 0.4) is 0 Å². The minimum absolute atomic E-state index is 0.0802. The molecule has 0 aliphatic carbocycles. The molecule has 2 N–H and O–H groups in total. The third-order valence-electron chi connectivity index (χ3n) is 4.60. The number of ether oxygens (including phenoxy) is 1. The first-order valence-corrected chi connectivity index (χ1v) is 9.93. The van der Waals surface area contributed by atoms with Crippen LogP contribution in [0.2, 0.25) is 5.15 Å². The van der Waals surface area contributed by atoms with E-state index < -0.39 is 6.10 Å². The summed E-state index contributed by atoms with van der Waals surface area (Å²) in [6, 6.07) is 10.1. The highest BCUT2D eigenvalue weighted by molar-refractivity contribution is 6.30. The molecule has 0 aliphatic heterocycles. The number of nitrogens with zero attached hydrogens (tertiary/aromatic N) is 3. The number of anilines is 1. The van der Waals surface area contributed by atoms with Crippen LogP contribution < -0.4 is 5.32 Å². The van der Waals surface area contributed by atoms with Crippen molar-refractivity contribution >= 4 is 17.4 Å². The van der Waals surface area contributed by atoms with Crippen LogP contribution in [0.25, 0.3) is 0 Å². The van der Waals surface area contributed by atoms with Gasteiger partial charge in [0.05, 0.1) is 24.6 Å². The molecule has 1 aromatic carbocycles. The topological polar surface area (TPSA) is 70.5 Å². The molecule has 1 atom stereocenters. The van der Waals surface area contributed by atoms with Gasteiger partial charge in [-0.2, -0.15) is 0 Å². The molecule has 28 heavy (non-hydrogen) atoms. The number of methoxy groups -OCH3 is 1. The summed E-state index contributed by atoms with van der Waals surface area (Å²) in [7, 11) is 1.58. The number of benzene rings is 1. The van der Waals surface area contributed by atoms with Crippen LogP contribution in [-0.2, 0) is 17.8 Å². The van der Waals surface area contributed by atoms with E-state index in [0.29, 0.717) is 36.3 Å². The van der Waals surface area contributed by atoms with Gasteiger partial charge in [0, 0.05) is 32.3 Å². The Morgan fingerprint density at radius 2 is 1.96 bits per heavy atom. The van der Waals surface area contributed by atoms with E-state index in [9.17, 15) is 5.11 Å². The molecule has 1 heterocycles. The van der Waals surface area contributed by atoms with Crippen molar-refractivity contribution in [1.29, 1.82) is 0 Å². The Kier molecular flexibility index (Phi) is 8.63. The molecule has 0 saturated carbocycles. The SMILES string of the molecule is CCC(C)(C)Nc1cnc(CN(Cc2ccccc2)C[C@@H](O)COC)c(Cl)n1. The normalized spacial score (nSPS) is 13.0. The summed E-state index contributed by atoms with van der Waals surface area (Å²) in [4.78, 5) is 11.1. The van der Waals surface area contributed by atoms with Crippen molar-refractivity contribution in [2.24, 2.45) is 0 Å². The molecule has 0 aliphatic rings. The van der Waals surface area contributed by atoms with Crippen LogP contribution >= 0.6 is 11.6 Å². The Morgan fingerprint density at radius 1 is 1.25 bits per heavy atom. The van der Waals surface area contributed by atoms with Crippen LogP contribution in [0.15, 0.2) is 36.5 Å². The number of nitrogens with one attached hydrogen (secondary N) is 1. The quantitative estimate of drug-likeness (QED) is 0.592. The largest absolute Gasteiger partial charge is 0.389 e. The molecular formula is C21H31ClN4O2. The van der Waals surface area contributed by atoms with Gasteiger partial charge in [0.1, 0.15) is 5.82 Å². The van der Waals surface area contributed by atoms with Gasteiger partial charge >= 0.3 is 0 Å². The van der Waals surface area contributed by atoms with Gasteiger partial charge in [-0.25, -0.2) is 4.98 Å². The van der Waals surface area contributed by atoms with Gasteiger partial charge in [-0.05, 0) is 25.8 Å². The highest BCUT2D eigenvalue weighted by atomic mass is 35.5. The first kappa shape index (κ1) is 22.6. The fraction of sp³-hybridized carbons (Fsp3) is 0.524. The monoisotopic (exact) mass is 406 g/mol. The average Bonchev–Trinajstić information content (AvgIpc) is 2.64. The van der Waals surface area contributed by atoms with E-state index in [4.69, 9.17) is 16.3 Å². The first-order chi connectivity index (χ1) is 13.3. The van der Waals surface area contributed by atoms with Gasteiger partial charge in [0.15, 0.2) is 5.15 Å². The van der Waals surface area contributed by atoms with E-state index in [2.05, 4.69) is 53.1 Å². The van der Waals surface area contributed by atoms with Crippen molar-refractivity contribution in [3.8, 4) is 0 Å². The molecule has 7 heteroatoms. The maximum Gasteiger partial charge on any atom is 0.154 e. The average molecular weight is 407 g/mol. The summed E-state index contributed by atoms with van der Waals surface area (Å²) in [5.74, 6) is 0.662. The van der Waals surface area contributed by atoms with Gasteiger partial charge in [-0.15, -0.1) is 0 Å². The maximum atomic E-state index is 10.2. The van der Waals surface area contributed by atoms with Gasteiger partial charge in [-0.3, -0.25) is 9.88 Å². The van der Waals surface area contributed by atoms with E-state index in [1.807, 2.05) is 18.2 Å². The van der Waals surface area contributed by atoms with Crippen molar-refractivity contribution in [3.63, 3.8) is 0 Å². The van der Waals surface area contributed by atoms with Crippen molar-refractivity contribution < 1.29 is 9.84 Å². The minimum Gasteiger partial charge on any atom is -0.389 e. The van der Waals surface area contributed by atoms with E-state index in [1.54, 1.807) is 13.3 Å². The third kappa shape index (κ3) is 7.36. The lowest BCUT2D eigenvalue weighted by Gasteiger charge is -2.26. The molecule has 1 aromatic heterocycles. The van der Waals surface area contributed by atoms with Crippen LogP contribution in [0.4, 0.5) is 5.82 Å². The zero-order chi connectivity index (χ0) is 20.6. The maximum absolute atomic E-state index is 10.2. The van der Waals surface area contributed by atoms with Gasteiger partial charge < -0.3 is 15.2 Å². The number of hydrogen-bond acceptors (Lipinski definition) is 6. The van der Waals surface area contributed by atoms with Crippen molar-refractivity contribution in [2.75, 3.05) is 25.6 Å². The summed E-state index contributed by atoms with van der Waals surface area (Å²) in [5.41, 5.74) is 1.75. The molecule has 154 valence electrons. The van der Waals surface area contributed by atoms with E-state index in [0.717, 1.165) is 12.0 Å². The second kappa shape index (κ2) is 10.7. The fourth-order valence-electron chi connectivity index (χ4n) is 2.77. The van der Waals surface area contributed by atoms with Crippen molar-refractivity contribution in [2.45, 2.75) is 51.9 Å². The summed E-state index contributed by atoms with van der Waals surface area (Å²) < 4.78 is 5.06. The van der Waals surface area contributed by atoms with Gasteiger partial charge in [0.2, 0.25) is 0 Å². The lowest BCUT2D eigenvalue weighted by molar-refractivity contribution is 0.0335. The summed E-state index contributed by atoms with van der Waals surface area (Å²) in [6.07, 6.45) is 2.08. The van der Waals surface area contributed by atoms with Crippen LogP contribution in [0.5, 0.6) is 0 Å². The van der Waals surface area contributed by atoms with Crippen LogP contribution in [-0.4, -0.2) is 51.9 Å². The number of rotatable bonds is 11. The van der Waals surface area contributed by atoms with Gasteiger partial charge in [0.25, 0.3) is 0 Å². The molecular weight excluding hydrogens is 376 g/mol. The number of aliphatic hydroxyl groups excluding tert-OH is 1. The number of hydrogen-bond donors (Lipinski definition) is 2. The van der Waals surface area contributed by atoms with Crippen molar-refractivity contribution in [3.05, 3.63) is 52.9 Å². The predicted molar refractivity (Wildman–Crippen MR) is 113 cm³/mol. The fourth-order valence-corrected chi connectivity index (χ4v) is 2.97. The molecule has 2 rings (SSSR count). The van der Waals surface area contributed by atoms with Crippen molar-refractivity contribution in [1.82, 2.24) is 14.9 Å². The Hall–Kier alpha value is -1.73. The second-order valence-electron chi connectivity index (χ2n) is 7.62. The Balaban J connectivity index is 2.13. The van der Waals surface area contributed by atoms with Gasteiger partial charge in [-0.1, -0.05) is 48.9 Å². The molecule has 2 aromatic rings. The number of aromatic nitrogens is 2. The lowest BCUT2D eigenvalue weighted by atomic mass is 10.0. The zero-order valence-corrected chi connectivity index (χ0v) is 17.9. The number of aliphatic hydroxyl groups is 1. The smallest absolute Gasteiger partial charge is 0.154 e. The Bertz CT molecular complexity index is 728. The standard InChI is InChI=1S/C21H31ClN4O2/c1-5-21(2,3)25-19-11-23-18(20(22)24-19)14-26(13-17(27)15-28-4)12-16-9-7-6-8-10-16/h6-11,17,27H,5,12-15H2,1-4H3,(H,24,25)/t17-/m1/s1. The minimum atomic E-state index is -0.591. The third-order valence-corrected chi connectivity index (χ3v) is 4.90. The molecule has 0 saturated heterocycles. The molecule has 6 nitrogen and oxygen atoms in total. The molecule has 0 radical (unpaired) electrons. The Morgan fingerprint density at radius 3 is 2.57 bits per heavy atom. The zero-order valence-electron chi connectivity index (χ0n) is 17.2. The molecule has 0 fully saturated rings. The number of halogens is 1. The highest BCUT2D eigenvalue weighted by Gasteiger charge is 2.18. The predicted octanol–water partition coefficient (Wildman–Crippen LogP) is 3.74. The summed E-state index contributed by atoms with van der Waals surface area (Å²) in [6.45, 7) is 8.21. The first-order valence-electron chi connectivity index (χ1n) is 9.56. The Labute approximate surface area is 172 Å². The lowest BCUT2D eigenvalue weighted by Crippen LogP contribution is -2.34. The van der Waals surface area contributed by atoms with Crippen LogP contribution in [0.1, 0.15) is 38.4 Å².